The molecular formula is C12H24N2O. The number of amides is 1. The molecule has 1 fully saturated rings. The molecule has 0 bridgehead atoms. The van der Waals surface area contributed by atoms with E-state index < -0.39 is 0 Å². The largest absolute Gasteiger partial charge is 0.355 e. The summed E-state index contributed by atoms with van der Waals surface area (Å²) in [5.74, 6) is 1.36. The van der Waals surface area contributed by atoms with Gasteiger partial charge in [0.2, 0.25) is 5.91 Å². The van der Waals surface area contributed by atoms with E-state index in [-0.39, 0.29) is 11.8 Å². The van der Waals surface area contributed by atoms with Gasteiger partial charge in [0.25, 0.3) is 0 Å². The molecule has 15 heavy (non-hydrogen) atoms. The van der Waals surface area contributed by atoms with E-state index in [2.05, 4.69) is 24.5 Å². The number of nitrogens with one attached hydrogen (secondary N) is 2. The first-order valence-corrected chi connectivity index (χ1v) is 6.22. The number of hydrogen-bond acceptors (Lipinski definition) is 2. The van der Waals surface area contributed by atoms with Crippen LogP contribution in [0, 0.1) is 11.8 Å². The summed E-state index contributed by atoms with van der Waals surface area (Å²) in [6.07, 6.45) is 4.58. The summed E-state index contributed by atoms with van der Waals surface area (Å²) in [7, 11) is 0. The lowest BCUT2D eigenvalue weighted by atomic mass is 9.82. The molecule has 1 aliphatic rings. The number of carbonyl (C=O) groups is 1. The predicted octanol–water partition coefficient (Wildman–Crippen LogP) is 1.54. The van der Waals surface area contributed by atoms with Gasteiger partial charge in [-0.1, -0.05) is 13.8 Å². The van der Waals surface area contributed by atoms with Crippen LogP contribution in [0.1, 0.15) is 39.5 Å². The molecular weight excluding hydrogens is 188 g/mol. The minimum absolute atomic E-state index is 0.264. The van der Waals surface area contributed by atoms with Crippen LogP contribution in [0.3, 0.4) is 0 Å². The molecule has 0 aromatic rings. The first-order chi connectivity index (χ1) is 7.24. The third-order valence-electron chi connectivity index (χ3n) is 3.24. The number of carbonyl (C=O) groups excluding carboxylic acids is 1. The maximum absolute atomic E-state index is 11.7. The number of rotatable bonds is 5. The molecule has 1 amide bonds. The number of hydrogen-bond donors (Lipinski definition) is 2. The zero-order valence-corrected chi connectivity index (χ0v) is 10.0. The molecule has 0 spiro atoms. The van der Waals surface area contributed by atoms with Crippen LogP contribution in [0.25, 0.3) is 0 Å². The van der Waals surface area contributed by atoms with Gasteiger partial charge in [-0.3, -0.25) is 4.79 Å². The van der Waals surface area contributed by atoms with E-state index in [9.17, 15) is 4.79 Å². The van der Waals surface area contributed by atoms with Gasteiger partial charge in [-0.2, -0.15) is 0 Å². The van der Waals surface area contributed by atoms with E-state index in [1.54, 1.807) is 0 Å². The minimum atomic E-state index is 0.264. The van der Waals surface area contributed by atoms with Crippen LogP contribution in [0.2, 0.25) is 0 Å². The molecule has 3 heteroatoms. The SMILES string of the molecule is CCNCCNC(=O)C1CCC(C)CC1. The van der Waals surface area contributed by atoms with Gasteiger partial charge >= 0.3 is 0 Å². The molecule has 1 saturated carbocycles. The zero-order chi connectivity index (χ0) is 11.1. The molecule has 0 aliphatic heterocycles. The second-order valence-corrected chi connectivity index (χ2v) is 4.60. The maximum Gasteiger partial charge on any atom is 0.223 e. The van der Waals surface area contributed by atoms with Gasteiger partial charge in [-0.15, -0.1) is 0 Å². The summed E-state index contributed by atoms with van der Waals surface area (Å²) in [4.78, 5) is 11.7. The molecule has 0 radical (unpaired) electrons. The lowest BCUT2D eigenvalue weighted by molar-refractivity contribution is -0.126. The third-order valence-corrected chi connectivity index (χ3v) is 3.24. The van der Waals surface area contributed by atoms with E-state index >= 15 is 0 Å². The van der Waals surface area contributed by atoms with Gasteiger partial charge in [0, 0.05) is 19.0 Å². The predicted molar refractivity (Wildman–Crippen MR) is 62.7 cm³/mol. The van der Waals surface area contributed by atoms with Crippen molar-refractivity contribution in [1.82, 2.24) is 10.6 Å². The van der Waals surface area contributed by atoms with Crippen molar-refractivity contribution in [2.75, 3.05) is 19.6 Å². The lowest BCUT2D eigenvalue weighted by Gasteiger charge is -2.25. The summed E-state index contributed by atoms with van der Waals surface area (Å²) in [6, 6.07) is 0. The first kappa shape index (κ1) is 12.5. The minimum Gasteiger partial charge on any atom is -0.355 e. The Labute approximate surface area is 93.0 Å². The Morgan fingerprint density at radius 1 is 1.20 bits per heavy atom. The molecule has 0 aromatic carbocycles. The normalized spacial score (nSPS) is 26.3. The second kappa shape index (κ2) is 6.83. The van der Waals surface area contributed by atoms with Crippen LogP contribution >= 0.6 is 0 Å². The Hall–Kier alpha value is -0.570. The van der Waals surface area contributed by atoms with Crippen LogP contribution in [0.5, 0.6) is 0 Å². The quantitative estimate of drug-likeness (QED) is 0.679. The van der Waals surface area contributed by atoms with Gasteiger partial charge in [0.05, 0.1) is 0 Å². The second-order valence-electron chi connectivity index (χ2n) is 4.60. The molecule has 0 aromatic heterocycles. The van der Waals surface area contributed by atoms with Crippen molar-refractivity contribution in [3.8, 4) is 0 Å². The summed E-state index contributed by atoms with van der Waals surface area (Å²) in [5.41, 5.74) is 0. The smallest absolute Gasteiger partial charge is 0.223 e. The topological polar surface area (TPSA) is 41.1 Å². The van der Waals surface area contributed by atoms with Crippen molar-refractivity contribution < 1.29 is 4.79 Å². The van der Waals surface area contributed by atoms with E-state index in [0.29, 0.717) is 0 Å². The van der Waals surface area contributed by atoms with Gasteiger partial charge < -0.3 is 10.6 Å². The molecule has 0 saturated heterocycles. The van der Waals surface area contributed by atoms with Crippen LogP contribution in [0.4, 0.5) is 0 Å². The average Bonchev–Trinajstić information content (AvgIpc) is 2.25. The summed E-state index contributed by atoms with van der Waals surface area (Å²) in [6.45, 7) is 6.96. The van der Waals surface area contributed by atoms with Crippen molar-refractivity contribution in [3.63, 3.8) is 0 Å². The summed E-state index contributed by atoms with van der Waals surface area (Å²) < 4.78 is 0. The van der Waals surface area contributed by atoms with Crippen molar-refractivity contribution >= 4 is 5.91 Å². The highest BCUT2D eigenvalue weighted by Crippen LogP contribution is 2.28. The van der Waals surface area contributed by atoms with Gasteiger partial charge in [0.15, 0.2) is 0 Å². The molecule has 0 unspecified atom stereocenters. The Bertz CT molecular complexity index is 186. The standard InChI is InChI=1S/C12H24N2O/c1-3-13-8-9-14-12(15)11-6-4-10(2)5-7-11/h10-11,13H,3-9H2,1-2H3,(H,14,15). The molecule has 3 nitrogen and oxygen atoms in total. The van der Waals surface area contributed by atoms with E-state index in [0.717, 1.165) is 38.4 Å². The zero-order valence-electron chi connectivity index (χ0n) is 10.0. The van der Waals surface area contributed by atoms with E-state index in [1.807, 2.05) is 0 Å². The van der Waals surface area contributed by atoms with Gasteiger partial charge in [-0.05, 0) is 38.1 Å². The molecule has 2 N–H and O–H groups in total. The highest BCUT2D eigenvalue weighted by atomic mass is 16.1. The van der Waals surface area contributed by atoms with Crippen molar-refractivity contribution in [3.05, 3.63) is 0 Å². The molecule has 0 heterocycles. The van der Waals surface area contributed by atoms with Crippen molar-refractivity contribution in [2.45, 2.75) is 39.5 Å². The fourth-order valence-electron chi connectivity index (χ4n) is 2.12. The fourth-order valence-corrected chi connectivity index (χ4v) is 2.12. The van der Waals surface area contributed by atoms with Crippen LogP contribution in [-0.2, 0) is 4.79 Å². The van der Waals surface area contributed by atoms with Crippen LogP contribution in [0.15, 0.2) is 0 Å². The van der Waals surface area contributed by atoms with Gasteiger partial charge in [-0.25, -0.2) is 0 Å². The Morgan fingerprint density at radius 2 is 1.87 bits per heavy atom. The van der Waals surface area contributed by atoms with Gasteiger partial charge in [0.1, 0.15) is 0 Å². The lowest BCUT2D eigenvalue weighted by Crippen LogP contribution is -2.37. The van der Waals surface area contributed by atoms with Crippen molar-refractivity contribution in [1.29, 1.82) is 0 Å². The summed E-state index contributed by atoms with van der Waals surface area (Å²) in [5, 5.41) is 6.20. The number of likely N-dealkylation sites (N-methyl/N-ethyl adjacent to an activating group) is 1. The highest BCUT2D eigenvalue weighted by Gasteiger charge is 2.23. The van der Waals surface area contributed by atoms with Crippen molar-refractivity contribution in [2.24, 2.45) is 11.8 Å². The van der Waals surface area contributed by atoms with E-state index in [1.165, 1.54) is 12.8 Å². The summed E-state index contributed by atoms with van der Waals surface area (Å²) >= 11 is 0. The molecule has 1 rings (SSSR count). The van der Waals surface area contributed by atoms with Crippen LogP contribution < -0.4 is 10.6 Å². The fraction of sp³-hybridized carbons (Fsp3) is 0.917. The Morgan fingerprint density at radius 3 is 2.47 bits per heavy atom. The maximum atomic E-state index is 11.7. The third kappa shape index (κ3) is 4.65. The first-order valence-electron chi connectivity index (χ1n) is 6.22. The monoisotopic (exact) mass is 212 g/mol. The van der Waals surface area contributed by atoms with E-state index in [4.69, 9.17) is 0 Å². The average molecular weight is 212 g/mol. The Kier molecular flexibility index (Phi) is 5.69. The highest BCUT2D eigenvalue weighted by molar-refractivity contribution is 5.78. The molecule has 1 aliphatic carbocycles. The Balaban J connectivity index is 2.11. The molecule has 0 atom stereocenters. The molecule has 88 valence electrons. The van der Waals surface area contributed by atoms with Crippen LogP contribution in [-0.4, -0.2) is 25.5 Å².